The summed E-state index contributed by atoms with van der Waals surface area (Å²) in [7, 11) is 0. The predicted molar refractivity (Wildman–Crippen MR) is 123 cm³/mol. The van der Waals surface area contributed by atoms with E-state index < -0.39 is 0 Å². The van der Waals surface area contributed by atoms with Gasteiger partial charge in [-0.3, -0.25) is 9.97 Å². The Morgan fingerprint density at radius 2 is 1.41 bits per heavy atom. The summed E-state index contributed by atoms with van der Waals surface area (Å²) in [6.07, 6.45) is 12.1. The minimum atomic E-state index is 0.924. The van der Waals surface area contributed by atoms with Crippen molar-refractivity contribution in [1.29, 1.82) is 0 Å². The van der Waals surface area contributed by atoms with Crippen LogP contribution in [0.5, 0.6) is 0 Å². The van der Waals surface area contributed by atoms with Crippen LogP contribution in [0.3, 0.4) is 0 Å². The number of rotatable bonds is 8. The molecular formula is C27H30N2. The van der Waals surface area contributed by atoms with E-state index in [1.807, 2.05) is 24.5 Å². The van der Waals surface area contributed by atoms with E-state index in [1.165, 1.54) is 31.2 Å². The molecule has 148 valence electrons. The molecule has 0 radical (unpaired) electrons. The maximum atomic E-state index is 4.66. The summed E-state index contributed by atoms with van der Waals surface area (Å²) in [5, 5.41) is 0. The highest BCUT2D eigenvalue weighted by Crippen LogP contribution is 2.22. The van der Waals surface area contributed by atoms with Gasteiger partial charge in [-0.15, -0.1) is 0 Å². The lowest BCUT2D eigenvalue weighted by molar-refractivity contribution is 0.667. The molecule has 0 spiro atoms. The van der Waals surface area contributed by atoms with Gasteiger partial charge in [0.05, 0.1) is 11.4 Å². The summed E-state index contributed by atoms with van der Waals surface area (Å²) >= 11 is 0. The molecule has 0 amide bonds. The second kappa shape index (κ2) is 11.2. The maximum Gasteiger partial charge on any atom is 0.0718 e. The fourth-order valence-electron chi connectivity index (χ4n) is 3.24. The molecular weight excluding hydrogens is 352 g/mol. The second-order valence-corrected chi connectivity index (χ2v) is 7.42. The lowest BCUT2D eigenvalue weighted by atomic mass is 10.0. The molecule has 0 aliphatic carbocycles. The summed E-state index contributed by atoms with van der Waals surface area (Å²) in [6, 6.07) is 17.0. The van der Waals surface area contributed by atoms with Crippen LogP contribution in [0.25, 0.3) is 22.5 Å². The topological polar surface area (TPSA) is 25.8 Å². The molecule has 2 heteroatoms. The van der Waals surface area contributed by atoms with Gasteiger partial charge in [0.25, 0.3) is 0 Å². The molecule has 3 rings (SSSR count). The number of hydrogen-bond acceptors (Lipinski definition) is 2. The second-order valence-electron chi connectivity index (χ2n) is 7.42. The number of pyridine rings is 2. The van der Waals surface area contributed by atoms with E-state index in [2.05, 4.69) is 72.1 Å². The van der Waals surface area contributed by atoms with E-state index in [0.717, 1.165) is 47.3 Å². The zero-order valence-electron chi connectivity index (χ0n) is 17.6. The smallest absolute Gasteiger partial charge is 0.0718 e. The van der Waals surface area contributed by atoms with Crippen molar-refractivity contribution in [3.8, 4) is 34.4 Å². The van der Waals surface area contributed by atoms with Gasteiger partial charge < -0.3 is 0 Å². The van der Waals surface area contributed by atoms with E-state index >= 15 is 0 Å². The van der Waals surface area contributed by atoms with Crippen molar-refractivity contribution in [1.82, 2.24) is 9.97 Å². The molecule has 2 nitrogen and oxygen atoms in total. The Morgan fingerprint density at radius 3 is 2.07 bits per heavy atom. The van der Waals surface area contributed by atoms with Crippen molar-refractivity contribution in [2.75, 3.05) is 0 Å². The van der Waals surface area contributed by atoms with Crippen LogP contribution in [0.2, 0.25) is 0 Å². The average Bonchev–Trinajstić information content (AvgIpc) is 2.78. The van der Waals surface area contributed by atoms with Crippen molar-refractivity contribution < 1.29 is 0 Å². The van der Waals surface area contributed by atoms with Crippen LogP contribution in [0.15, 0.2) is 60.9 Å². The minimum absolute atomic E-state index is 0.924. The molecule has 0 aliphatic heterocycles. The molecule has 3 aromatic rings. The Labute approximate surface area is 175 Å². The Hall–Kier alpha value is -2.92. The van der Waals surface area contributed by atoms with Crippen LogP contribution < -0.4 is 0 Å². The van der Waals surface area contributed by atoms with Crippen LogP contribution in [-0.4, -0.2) is 9.97 Å². The van der Waals surface area contributed by atoms with Crippen molar-refractivity contribution in [2.45, 2.75) is 58.8 Å². The molecule has 0 saturated heterocycles. The highest BCUT2D eigenvalue weighted by atomic mass is 14.7. The first-order valence-electron chi connectivity index (χ1n) is 10.8. The molecule has 0 unspecified atom stereocenters. The van der Waals surface area contributed by atoms with E-state index in [1.54, 1.807) is 0 Å². The van der Waals surface area contributed by atoms with E-state index in [0.29, 0.717) is 0 Å². The summed E-state index contributed by atoms with van der Waals surface area (Å²) in [5.41, 5.74) is 6.47. The van der Waals surface area contributed by atoms with Crippen molar-refractivity contribution >= 4 is 0 Å². The fraction of sp³-hybridized carbons (Fsp3) is 0.333. The van der Waals surface area contributed by atoms with E-state index in [-0.39, 0.29) is 0 Å². The third kappa shape index (κ3) is 6.29. The summed E-state index contributed by atoms with van der Waals surface area (Å²) in [5.74, 6) is 6.30. The van der Waals surface area contributed by atoms with Gasteiger partial charge >= 0.3 is 0 Å². The van der Waals surface area contributed by atoms with Crippen LogP contribution >= 0.6 is 0 Å². The van der Waals surface area contributed by atoms with Crippen molar-refractivity contribution in [2.24, 2.45) is 0 Å². The fourth-order valence-corrected chi connectivity index (χ4v) is 3.24. The Kier molecular flexibility index (Phi) is 8.01. The van der Waals surface area contributed by atoms with Crippen molar-refractivity contribution in [3.63, 3.8) is 0 Å². The first-order valence-corrected chi connectivity index (χ1v) is 10.8. The quantitative estimate of drug-likeness (QED) is 0.307. The van der Waals surface area contributed by atoms with Gasteiger partial charge in [-0.1, -0.05) is 69.2 Å². The number of unbranched alkanes of at least 4 members (excludes halogenated alkanes) is 4. The van der Waals surface area contributed by atoms with Crippen LogP contribution in [0.4, 0.5) is 0 Å². The first kappa shape index (κ1) is 20.8. The molecule has 0 aliphatic rings. The van der Waals surface area contributed by atoms with E-state index in [4.69, 9.17) is 0 Å². The lowest BCUT2D eigenvalue weighted by Gasteiger charge is -2.06. The van der Waals surface area contributed by atoms with E-state index in [9.17, 15) is 0 Å². The van der Waals surface area contributed by atoms with Gasteiger partial charge in [0.15, 0.2) is 0 Å². The molecule has 0 fully saturated rings. The highest BCUT2D eigenvalue weighted by molar-refractivity contribution is 5.65. The van der Waals surface area contributed by atoms with Gasteiger partial charge in [0.1, 0.15) is 0 Å². The summed E-state index contributed by atoms with van der Waals surface area (Å²) in [6.45, 7) is 4.39. The van der Waals surface area contributed by atoms with Gasteiger partial charge in [-0.25, -0.2) is 0 Å². The first-order chi connectivity index (χ1) is 14.3. The third-order valence-corrected chi connectivity index (χ3v) is 5.00. The molecule has 2 heterocycles. The maximum absolute atomic E-state index is 4.66. The largest absolute Gasteiger partial charge is 0.256 e. The summed E-state index contributed by atoms with van der Waals surface area (Å²) in [4.78, 5) is 9.20. The average molecular weight is 383 g/mol. The predicted octanol–water partition coefficient (Wildman–Crippen LogP) is 7.09. The van der Waals surface area contributed by atoms with Crippen LogP contribution in [-0.2, 0) is 6.42 Å². The number of hydrogen-bond donors (Lipinski definition) is 0. The van der Waals surface area contributed by atoms with Crippen LogP contribution in [0.1, 0.15) is 63.5 Å². The Balaban J connectivity index is 1.63. The summed E-state index contributed by atoms with van der Waals surface area (Å²) < 4.78 is 0. The third-order valence-electron chi connectivity index (χ3n) is 5.00. The molecule has 0 atom stereocenters. The molecule has 0 N–H and O–H groups in total. The minimum Gasteiger partial charge on any atom is -0.256 e. The standard InChI is InChI=1S/C27H30N2/c1-3-5-7-9-10-22-12-15-24(16-13-22)26-19-17-25(21-29-26)27-18-14-23(20-28-27)11-8-6-4-2/h12-21H,3-7,9-10H2,1-2H3. The molecule has 2 aromatic heterocycles. The highest BCUT2D eigenvalue weighted by Gasteiger charge is 2.03. The van der Waals surface area contributed by atoms with Gasteiger partial charge in [-0.05, 0) is 49.1 Å². The monoisotopic (exact) mass is 382 g/mol. The normalized spacial score (nSPS) is 10.4. The molecule has 1 aromatic carbocycles. The number of benzene rings is 1. The van der Waals surface area contributed by atoms with Crippen molar-refractivity contribution in [3.05, 3.63) is 72.1 Å². The van der Waals surface area contributed by atoms with Gasteiger partial charge in [0, 0.05) is 35.5 Å². The Bertz CT molecular complexity index is 927. The zero-order chi connectivity index (χ0) is 20.3. The lowest BCUT2D eigenvalue weighted by Crippen LogP contribution is -1.89. The zero-order valence-corrected chi connectivity index (χ0v) is 17.6. The van der Waals surface area contributed by atoms with Gasteiger partial charge in [-0.2, -0.15) is 0 Å². The SMILES string of the molecule is CCCC#Cc1ccc(-c2ccc(-c3ccc(CCCCCC)cc3)nc2)nc1. The molecule has 0 saturated carbocycles. The number of aryl methyl sites for hydroxylation is 1. The molecule has 0 bridgehead atoms. The number of aromatic nitrogens is 2. The van der Waals surface area contributed by atoms with Gasteiger partial charge in [0.2, 0.25) is 0 Å². The Morgan fingerprint density at radius 1 is 0.690 bits per heavy atom. The number of nitrogens with zero attached hydrogens (tertiary/aromatic N) is 2. The van der Waals surface area contributed by atoms with Crippen LogP contribution in [0, 0.1) is 11.8 Å². The molecule has 29 heavy (non-hydrogen) atoms.